The summed E-state index contributed by atoms with van der Waals surface area (Å²) in [5.41, 5.74) is 5.23. The highest BCUT2D eigenvalue weighted by molar-refractivity contribution is 8.26. The Hall–Kier alpha value is -2.64. The smallest absolute Gasteiger partial charge is 0.263 e. The van der Waals surface area contributed by atoms with Crippen molar-refractivity contribution in [3.05, 3.63) is 59.3 Å². The maximum atomic E-state index is 12.0. The molecule has 0 radical (unpaired) electrons. The highest BCUT2D eigenvalue weighted by Gasteiger charge is 2.22. The molecule has 2 aromatic carbocycles. The van der Waals surface area contributed by atoms with E-state index in [9.17, 15) is 4.79 Å². The molecule has 2 fully saturated rings. The number of piperidine rings is 1. The number of rotatable bonds is 3. The normalized spacial score (nSPS) is 19.1. The van der Waals surface area contributed by atoms with Gasteiger partial charge in [-0.05, 0) is 66.8 Å². The molecule has 1 aromatic heterocycles. The molecule has 1 amide bonds. The predicted octanol–water partition coefficient (Wildman–Crippen LogP) is 4.75. The average Bonchev–Trinajstić information content (AvgIpc) is 3.31. The van der Waals surface area contributed by atoms with Crippen LogP contribution in [0.15, 0.2) is 53.7 Å². The third kappa shape index (κ3) is 3.75. The second-order valence-corrected chi connectivity index (χ2v) is 9.62. The van der Waals surface area contributed by atoms with E-state index in [2.05, 4.69) is 57.0 Å². The Bertz CT molecular complexity index is 1160. The van der Waals surface area contributed by atoms with Crippen molar-refractivity contribution in [3.8, 4) is 5.69 Å². The number of fused-ring (bicyclic) bond motifs is 1. The van der Waals surface area contributed by atoms with Crippen molar-refractivity contribution in [2.75, 3.05) is 18.0 Å². The van der Waals surface area contributed by atoms with Crippen LogP contribution < -0.4 is 10.2 Å². The molecule has 0 unspecified atom stereocenters. The lowest BCUT2D eigenvalue weighted by atomic mass is 9.99. The number of nitrogens with zero attached hydrogens (tertiary/aromatic N) is 3. The number of amides is 1. The van der Waals surface area contributed by atoms with E-state index in [1.165, 1.54) is 30.3 Å². The number of benzene rings is 2. The Kier molecular flexibility index (Phi) is 5.08. The van der Waals surface area contributed by atoms with Gasteiger partial charge < -0.3 is 10.2 Å². The lowest BCUT2D eigenvalue weighted by Crippen LogP contribution is -2.32. The third-order valence-corrected chi connectivity index (χ3v) is 6.95. The van der Waals surface area contributed by atoms with Gasteiger partial charge >= 0.3 is 0 Å². The van der Waals surface area contributed by atoms with Crippen LogP contribution in [0.3, 0.4) is 0 Å². The summed E-state index contributed by atoms with van der Waals surface area (Å²) in [5, 5.41) is 2.66. The van der Waals surface area contributed by atoms with Crippen LogP contribution in [0.5, 0.6) is 0 Å². The lowest BCUT2D eigenvalue weighted by Gasteiger charge is -2.32. The van der Waals surface area contributed by atoms with Crippen molar-refractivity contribution >= 4 is 57.0 Å². The number of aromatic nitrogens is 2. The molecule has 3 aromatic rings. The molecule has 2 saturated heterocycles. The standard InChI is InChI=1S/C23H22N4OS2/c1-15-8-10-26(11-9-15)17-3-5-18(6-4-17)27-14-24-19-7-2-16(12-20(19)27)13-21-22(28)25-23(29)30-21/h2-7,12-15H,8-11H2,1H3,(H,25,28,29). The molecule has 0 atom stereocenters. The molecule has 2 aliphatic heterocycles. The van der Waals surface area contributed by atoms with Crippen molar-refractivity contribution < 1.29 is 4.79 Å². The third-order valence-electron chi connectivity index (χ3n) is 5.79. The van der Waals surface area contributed by atoms with Gasteiger partial charge in [-0.2, -0.15) is 0 Å². The van der Waals surface area contributed by atoms with Crippen LogP contribution in [0.25, 0.3) is 22.8 Å². The van der Waals surface area contributed by atoms with Crippen LogP contribution >= 0.6 is 24.0 Å². The van der Waals surface area contributed by atoms with Crippen molar-refractivity contribution in [3.63, 3.8) is 0 Å². The van der Waals surface area contributed by atoms with Gasteiger partial charge in [0.1, 0.15) is 10.6 Å². The van der Waals surface area contributed by atoms with E-state index >= 15 is 0 Å². The molecule has 5 nitrogen and oxygen atoms in total. The number of hydrogen-bond donors (Lipinski definition) is 1. The lowest BCUT2D eigenvalue weighted by molar-refractivity contribution is -0.115. The van der Waals surface area contributed by atoms with Crippen molar-refractivity contribution in [2.45, 2.75) is 19.8 Å². The van der Waals surface area contributed by atoms with E-state index in [0.29, 0.717) is 9.23 Å². The number of imidazole rings is 1. The fourth-order valence-electron chi connectivity index (χ4n) is 3.98. The van der Waals surface area contributed by atoms with Crippen LogP contribution in [0.1, 0.15) is 25.3 Å². The van der Waals surface area contributed by atoms with Crippen LogP contribution in [-0.2, 0) is 4.79 Å². The van der Waals surface area contributed by atoms with Gasteiger partial charge in [-0.25, -0.2) is 4.98 Å². The van der Waals surface area contributed by atoms with Crippen LogP contribution in [0.2, 0.25) is 0 Å². The van der Waals surface area contributed by atoms with Crippen molar-refractivity contribution in [1.29, 1.82) is 0 Å². The number of anilines is 1. The molecular formula is C23H22N4OS2. The predicted molar refractivity (Wildman–Crippen MR) is 128 cm³/mol. The van der Waals surface area contributed by atoms with Gasteiger partial charge in [0.2, 0.25) is 0 Å². The Morgan fingerprint density at radius 1 is 1.13 bits per heavy atom. The summed E-state index contributed by atoms with van der Waals surface area (Å²) < 4.78 is 2.59. The Morgan fingerprint density at radius 2 is 1.87 bits per heavy atom. The van der Waals surface area contributed by atoms with Gasteiger partial charge in [-0.3, -0.25) is 9.36 Å². The van der Waals surface area contributed by atoms with Gasteiger partial charge in [0.25, 0.3) is 5.91 Å². The van der Waals surface area contributed by atoms with Gasteiger partial charge in [0.05, 0.1) is 15.9 Å². The van der Waals surface area contributed by atoms with Gasteiger partial charge in [-0.15, -0.1) is 0 Å². The zero-order valence-electron chi connectivity index (χ0n) is 16.7. The van der Waals surface area contributed by atoms with E-state index in [1.54, 1.807) is 0 Å². The molecular weight excluding hydrogens is 412 g/mol. The maximum Gasteiger partial charge on any atom is 0.263 e. The Balaban J connectivity index is 1.44. The summed E-state index contributed by atoms with van der Waals surface area (Å²) >= 11 is 6.37. The molecule has 3 heterocycles. The molecule has 1 N–H and O–H groups in total. The number of carbonyl (C=O) groups is 1. The summed E-state index contributed by atoms with van der Waals surface area (Å²) in [5.74, 6) is 0.688. The van der Waals surface area contributed by atoms with Gasteiger partial charge in [0, 0.05) is 24.5 Å². The summed E-state index contributed by atoms with van der Waals surface area (Å²) in [6, 6.07) is 14.7. The minimum atomic E-state index is -0.138. The van der Waals surface area contributed by atoms with Gasteiger partial charge in [-0.1, -0.05) is 37.0 Å². The molecule has 2 aliphatic rings. The average molecular weight is 435 g/mol. The van der Waals surface area contributed by atoms with E-state index in [1.807, 2.05) is 24.5 Å². The van der Waals surface area contributed by atoms with E-state index in [-0.39, 0.29) is 5.91 Å². The first-order chi connectivity index (χ1) is 14.6. The zero-order chi connectivity index (χ0) is 20.7. The van der Waals surface area contributed by atoms with E-state index in [4.69, 9.17) is 12.2 Å². The molecule has 0 spiro atoms. The second kappa shape index (κ2) is 7.89. The number of hydrogen-bond acceptors (Lipinski definition) is 5. The fourth-order valence-corrected chi connectivity index (χ4v) is 5.03. The topological polar surface area (TPSA) is 50.2 Å². The highest BCUT2D eigenvalue weighted by atomic mass is 32.2. The monoisotopic (exact) mass is 434 g/mol. The number of carbonyl (C=O) groups excluding carboxylic acids is 1. The fraction of sp³-hybridized carbons (Fsp3) is 0.261. The maximum absolute atomic E-state index is 12.0. The van der Waals surface area contributed by atoms with Crippen LogP contribution in [0, 0.1) is 5.92 Å². The molecule has 7 heteroatoms. The summed E-state index contributed by atoms with van der Waals surface area (Å²) in [7, 11) is 0. The first kappa shape index (κ1) is 19.3. The highest BCUT2D eigenvalue weighted by Crippen LogP contribution is 2.28. The quantitative estimate of drug-likeness (QED) is 0.476. The second-order valence-electron chi connectivity index (χ2n) is 7.90. The zero-order valence-corrected chi connectivity index (χ0v) is 18.3. The molecule has 30 heavy (non-hydrogen) atoms. The van der Waals surface area contributed by atoms with Crippen LogP contribution in [-0.4, -0.2) is 32.9 Å². The number of nitrogens with one attached hydrogen (secondary N) is 1. The van der Waals surface area contributed by atoms with Crippen LogP contribution in [0.4, 0.5) is 5.69 Å². The molecule has 0 aliphatic carbocycles. The van der Waals surface area contributed by atoms with E-state index < -0.39 is 0 Å². The largest absolute Gasteiger partial charge is 0.372 e. The molecule has 152 valence electrons. The molecule has 5 rings (SSSR count). The Morgan fingerprint density at radius 3 is 2.57 bits per heavy atom. The molecule has 0 saturated carbocycles. The number of thiocarbonyl (C=S) groups is 1. The first-order valence-electron chi connectivity index (χ1n) is 10.1. The minimum Gasteiger partial charge on any atom is -0.372 e. The summed E-state index contributed by atoms with van der Waals surface area (Å²) in [6.45, 7) is 4.59. The summed E-state index contributed by atoms with van der Waals surface area (Å²) in [4.78, 5) is 19.6. The van der Waals surface area contributed by atoms with E-state index in [0.717, 1.165) is 41.3 Å². The first-order valence-corrected chi connectivity index (χ1v) is 11.4. The van der Waals surface area contributed by atoms with Gasteiger partial charge in [0.15, 0.2) is 0 Å². The summed E-state index contributed by atoms with van der Waals surface area (Å²) in [6.07, 6.45) is 6.24. The number of thioether (sulfide) groups is 1. The van der Waals surface area contributed by atoms with Crippen molar-refractivity contribution in [2.24, 2.45) is 5.92 Å². The van der Waals surface area contributed by atoms with Crippen molar-refractivity contribution in [1.82, 2.24) is 14.9 Å². The molecule has 0 bridgehead atoms. The minimum absolute atomic E-state index is 0.138. The Labute approximate surface area is 185 Å². The SMILES string of the molecule is CC1CCN(c2ccc(-n3cnc4ccc(C=C5SC(=S)NC5=O)cc43)cc2)CC1.